The number of carbonyl (C=O) groups is 2. The monoisotopic (exact) mass is 469 g/mol. The maximum Gasteiger partial charge on any atom is 0.361 e. The Kier molecular flexibility index (Phi) is 5.16. The number of amides is 2. The second-order valence-electron chi connectivity index (χ2n) is 8.41. The van der Waals surface area contributed by atoms with Crippen LogP contribution in [0.4, 0.5) is 5.69 Å². The van der Waals surface area contributed by atoms with Crippen molar-refractivity contribution in [3.05, 3.63) is 137 Å². The summed E-state index contributed by atoms with van der Waals surface area (Å²) in [4.78, 5) is 41.6. The molecule has 1 aliphatic heterocycles. The normalized spacial score (nSPS) is 12.6. The van der Waals surface area contributed by atoms with E-state index < -0.39 is 17.4 Å². The van der Waals surface area contributed by atoms with Crippen molar-refractivity contribution in [1.29, 1.82) is 0 Å². The molecule has 0 fully saturated rings. The number of hydrogen-bond acceptors (Lipinski definition) is 4. The Hall–Kier alpha value is -5.03. The Bertz CT molecular complexity index is 1640. The van der Waals surface area contributed by atoms with E-state index in [0.717, 1.165) is 10.5 Å². The lowest BCUT2D eigenvalue weighted by atomic mass is 9.90. The van der Waals surface area contributed by atoms with Gasteiger partial charge in [0.1, 0.15) is 11.4 Å². The Labute approximate surface area is 206 Å². The van der Waals surface area contributed by atoms with Crippen molar-refractivity contribution >= 4 is 17.5 Å². The van der Waals surface area contributed by atoms with E-state index in [4.69, 9.17) is 4.42 Å². The van der Waals surface area contributed by atoms with Gasteiger partial charge in [0.15, 0.2) is 0 Å². The van der Waals surface area contributed by atoms with E-state index in [0.29, 0.717) is 28.0 Å². The first kappa shape index (κ1) is 21.5. The molecule has 0 N–H and O–H groups in total. The van der Waals surface area contributed by atoms with Gasteiger partial charge in [-0.15, -0.1) is 0 Å². The molecule has 0 atom stereocenters. The standard InChI is InChI=1S/C31H19NO4/c33-29-23-18-10-11-19-24(23)30(34)32(29)27-25(20-12-4-1-5-13-20)26(21-14-6-2-7-15-21)28(36-31(27)35)22-16-8-3-9-17-22/h1-19H. The summed E-state index contributed by atoms with van der Waals surface area (Å²) < 4.78 is 5.95. The Morgan fingerprint density at radius 1 is 0.472 bits per heavy atom. The number of benzene rings is 4. The third-order valence-corrected chi connectivity index (χ3v) is 6.28. The topological polar surface area (TPSA) is 67.6 Å². The SMILES string of the molecule is O=C1c2ccccc2C(=O)N1c1c(-c2ccccc2)c(-c2ccccc2)c(-c2ccccc2)oc1=O. The van der Waals surface area contributed by atoms with Crippen LogP contribution in [0.3, 0.4) is 0 Å². The quantitative estimate of drug-likeness (QED) is 0.284. The van der Waals surface area contributed by atoms with Gasteiger partial charge in [-0.1, -0.05) is 103 Å². The van der Waals surface area contributed by atoms with Gasteiger partial charge in [-0.3, -0.25) is 9.59 Å². The molecule has 5 heteroatoms. The van der Waals surface area contributed by atoms with Crippen molar-refractivity contribution in [2.24, 2.45) is 0 Å². The van der Waals surface area contributed by atoms with Gasteiger partial charge in [0.25, 0.3) is 11.8 Å². The number of carbonyl (C=O) groups excluding carboxylic acids is 2. The average Bonchev–Trinajstić information content (AvgIpc) is 3.19. The molecular formula is C31H19NO4. The second kappa shape index (κ2) is 8.64. The summed E-state index contributed by atoms with van der Waals surface area (Å²) in [5.74, 6) is -0.732. The Morgan fingerprint density at radius 3 is 1.39 bits per heavy atom. The lowest BCUT2D eigenvalue weighted by Gasteiger charge is -2.22. The van der Waals surface area contributed by atoms with Crippen LogP contribution in [-0.4, -0.2) is 11.8 Å². The molecular weight excluding hydrogens is 450 g/mol. The fourth-order valence-electron chi connectivity index (χ4n) is 4.68. The summed E-state index contributed by atoms with van der Waals surface area (Å²) in [6.07, 6.45) is 0. The first-order valence-corrected chi connectivity index (χ1v) is 11.5. The molecule has 0 aliphatic carbocycles. The van der Waals surface area contributed by atoms with Crippen LogP contribution in [-0.2, 0) is 0 Å². The van der Waals surface area contributed by atoms with Gasteiger partial charge in [0, 0.05) is 16.7 Å². The summed E-state index contributed by atoms with van der Waals surface area (Å²) in [7, 11) is 0. The van der Waals surface area contributed by atoms with E-state index in [1.807, 2.05) is 91.0 Å². The summed E-state index contributed by atoms with van der Waals surface area (Å²) in [6, 6.07) is 34.7. The highest BCUT2D eigenvalue weighted by atomic mass is 16.4. The average molecular weight is 469 g/mol. The van der Waals surface area contributed by atoms with Crippen LogP contribution in [0.5, 0.6) is 0 Å². The van der Waals surface area contributed by atoms with E-state index in [-0.39, 0.29) is 16.8 Å². The molecule has 5 nitrogen and oxygen atoms in total. The second-order valence-corrected chi connectivity index (χ2v) is 8.41. The minimum Gasteiger partial charge on any atom is -0.420 e. The fourth-order valence-corrected chi connectivity index (χ4v) is 4.68. The molecule has 0 saturated heterocycles. The summed E-state index contributed by atoms with van der Waals surface area (Å²) >= 11 is 0. The zero-order valence-electron chi connectivity index (χ0n) is 19.0. The highest BCUT2D eigenvalue weighted by molar-refractivity contribution is 6.35. The van der Waals surface area contributed by atoms with Crippen molar-refractivity contribution in [3.63, 3.8) is 0 Å². The zero-order chi connectivity index (χ0) is 24.6. The number of nitrogens with zero attached hydrogens (tertiary/aromatic N) is 1. The van der Waals surface area contributed by atoms with Crippen molar-refractivity contribution in [2.45, 2.75) is 0 Å². The van der Waals surface area contributed by atoms with Crippen molar-refractivity contribution in [3.8, 4) is 33.6 Å². The summed E-state index contributed by atoms with van der Waals surface area (Å²) in [5, 5.41) is 0. The molecule has 172 valence electrons. The molecule has 0 unspecified atom stereocenters. The number of imide groups is 1. The molecule has 5 aromatic rings. The maximum atomic E-state index is 13.7. The van der Waals surface area contributed by atoms with Gasteiger partial charge < -0.3 is 4.42 Å². The molecule has 0 saturated carbocycles. The van der Waals surface area contributed by atoms with E-state index in [1.54, 1.807) is 24.3 Å². The largest absolute Gasteiger partial charge is 0.420 e. The van der Waals surface area contributed by atoms with Crippen molar-refractivity contribution in [2.75, 3.05) is 4.90 Å². The van der Waals surface area contributed by atoms with Crippen molar-refractivity contribution < 1.29 is 14.0 Å². The van der Waals surface area contributed by atoms with E-state index in [9.17, 15) is 14.4 Å². The minimum absolute atomic E-state index is 0.0917. The van der Waals surface area contributed by atoms with Gasteiger partial charge in [-0.05, 0) is 23.3 Å². The molecule has 1 aromatic heterocycles. The molecule has 0 bridgehead atoms. The molecule has 6 rings (SSSR count). The highest BCUT2D eigenvalue weighted by Gasteiger charge is 2.41. The smallest absolute Gasteiger partial charge is 0.361 e. The highest BCUT2D eigenvalue weighted by Crippen LogP contribution is 2.45. The third kappa shape index (κ3) is 3.37. The fraction of sp³-hybridized carbons (Fsp3) is 0. The van der Waals surface area contributed by atoms with Crippen molar-refractivity contribution in [1.82, 2.24) is 0 Å². The maximum absolute atomic E-state index is 13.7. The van der Waals surface area contributed by atoms with E-state index in [1.165, 1.54) is 0 Å². The van der Waals surface area contributed by atoms with Gasteiger partial charge in [0.2, 0.25) is 0 Å². The van der Waals surface area contributed by atoms with E-state index in [2.05, 4.69) is 0 Å². The van der Waals surface area contributed by atoms with Crippen LogP contribution in [0, 0.1) is 0 Å². The van der Waals surface area contributed by atoms with E-state index >= 15 is 0 Å². The van der Waals surface area contributed by atoms with Crippen LogP contribution in [0.25, 0.3) is 33.6 Å². The lowest BCUT2D eigenvalue weighted by molar-refractivity contribution is 0.0925. The first-order chi connectivity index (χ1) is 17.6. The summed E-state index contributed by atoms with van der Waals surface area (Å²) in [6.45, 7) is 0. The van der Waals surface area contributed by atoms with Gasteiger partial charge in [-0.25, -0.2) is 9.69 Å². The van der Waals surface area contributed by atoms with Crippen LogP contribution >= 0.6 is 0 Å². The Balaban J connectivity index is 1.75. The summed E-state index contributed by atoms with van der Waals surface area (Å²) in [5.41, 5.74) is 2.94. The number of rotatable bonds is 4. The minimum atomic E-state index is -0.762. The molecule has 0 radical (unpaired) electrons. The van der Waals surface area contributed by atoms with Gasteiger partial charge >= 0.3 is 5.63 Å². The van der Waals surface area contributed by atoms with Gasteiger partial charge in [-0.2, -0.15) is 0 Å². The number of hydrogen-bond donors (Lipinski definition) is 0. The molecule has 36 heavy (non-hydrogen) atoms. The van der Waals surface area contributed by atoms with Crippen LogP contribution in [0.2, 0.25) is 0 Å². The lowest BCUT2D eigenvalue weighted by Crippen LogP contribution is -2.34. The molecule has 0 spiro atoms. The number of fused-ring (bicyclic) bond motifs is 1. The predicted octanol–water partition coefficient (Wildman–Crippen LogP) is 6.44. The van der Waals surface area contributed by atoms with Crippen LogP contribution in [0.15, 0.2) is 124 Å². The van der Waals surface area contributed by atoms with Crippen LogP contribution < -0.4 is 10.5 Å². The Morgan fingerprint density at radius 2 is 0.889 bits per heavy atom. The molecule has 1 aliphatic rings. The van der Waals surface area contributed by atoms with Gasteiger partial charge in [0.05, 0.1) is 11.1 Å². The molecule has 4 aromatic carbocycles. The predicted molar refractivity (Wildman–Crippen MR) is 139 cm³/mol. The third-order valence-electron chi connectivity index (χ3n) is 6.28. The van der Waals surface area contributed by atoms with Crippen LogP contribution in [0.1, 0.15) is 20.7 Å². The molecule has 2 amide bonds. The zero-order valence-corrected chi connectivity index (χ0v) is 19.0. The first-order valence-electron chi connectivity index (χ1n) is 11.5. The number of anilines is 1. The molecule has 2 heterocycles.